The van der Waals surface area contributed by atoms with Crippen LogP contribution < -0.4 is 5.32 Å². The third kappa shape index (κ3) is 2.72. The summed E-state index contributed by atoms with van der Waals surface area (Å²) in [5.41, 5.74) is 5.48. The van der Waals surface area contributed by atoms with Gasteiger partial charge in [0.05, 0.1) is 5.52 Å². The van der Waals surface area contributed by atoms with Gasteiger partial charge in [0.15, 0.2) is 0 Å². The van der Waals surface area contributed by atoms with Crippen molar-refractivity contribution in [3.05, 3.63) is 101 Å². The summed E-state index contributed by atoms with van der Waals surface area (Å²) in [7, 11) is 0. The quantitative estimate of drug-likeness (QED) is 0.442. The second-order valence-corrected chi connectivity index (χ2v) is 7.21. The zero-order valence-electron chi connectivity index (χ0n) is 15.0. The summed E-state index contributed by atoms with van der Waals surface area (Å²) in [5, 5.41) is 4.59. The number of halogens is 1. The van der Waals surface area contributed by atoms with Crippen molar-refractivity contribution in [2.24, 2.45) is 0 Å². The van der Waals surface area contributed by atoms with Gasteiger partial charge in [0.1, 0.15) is 5.15 Å². The highest BCUT2D eigenvalue weighted by atomic mass is 35.5. The molecule has 0 fully saturated rings. The normalized spacial score (nSPS) is 14.5. The summed E-state index contributed by atoms with van der Waals surface area (Å²) in [6.45, 7) is 0.673. The van der Waals surface area contributed by atoms with E-state index in [4.69, 9.17) is 11.6 Å². The Balaban J connectivity index is 1.69. The maximum Gasteiger partial charge on any atom is 0.256 e. The Hall–Kier alpha value is -3.30. The zero-order chi connectivity index (χ0) is 19.1. The Morgan fingerprint density at radius 2 is 1.61 bits per heavy atom. The van der Waals surface area contributed by atoms with Crippen molar-refractivity contribution in [3.63, 3.8) is 0 Å². The van der Waals surface area contributed by atoms with Gasteiger partial charge in [0, 0.05) is 34.3 Å². The van der Waals surface area contributed by atoms with Crippen molar-refractivity contribution in [1.82, 2.24) is 4.57 Å². The van der Waals surface area contributed by atoms with E-state index in [0.717, 1.165) is 27.7 Å². The molecule has 28 heavy (non-hydrogen) atoms. The summed E-state index contributed by atoms with van der Waals surface area (Å²) < 4.78 is 2.09. The molecule has 1 N–H and O–H groups in total. The molecule has 0 radical (unpaired) electrons. The van der Waals surface area contributed by atoms with Gasteiger partial charge in [-0.2, -0.15) is 0 Å². The lowest BCUT2D eigenvalue weighted by atomic mass is 10.0. The number of nitrogens with one attached hydrogen (secondary N) is 1. The number of fused-ring (bicyclic) bond motifs is 2. The number of rotatable bonds is 3. The molecule has 0 unspecified atom stereocenters. The average Bonchev–Trinajstić information content (AvgIpc) is 3.18. The summed E-state index contributed by atoms with van der Waals surface area (Å²) in [5.74, 6) is -0.0999. The fraction of sp³-hybridized carbons (Fsp3) is 0.0417. The summed E-state index contributed by atoms with van der Waals surface area (Å²) >= 11 is 6.84. The number of carbonyl (C=O) groups excluding carboxylic acids is 1. The molecule has 0 bridgehead atoms. The number of anilines is 1. The van der Waals surface area contributed by atoms with Gasteiger partial charge in [-0.3, -0.25) is 4.79 Å². The highest BCUT2D eigenvalue weighted by Crippen LogP contribution is 2.37. The average molecular weight is 385 g/mol. The predicted octanol–water partition coefficient (Wildman–Crippen LogP) is 5.84. The molecule has 136 valence electrons. The van der Waals surface area contributed by atoms with Crippen molar-refractivity contribution in [3.8, 4) is 0 Å². The molecule has 5 rings (SSSR count). The first-order valence-corrected chi connectivity index (χ1v) is 9.53. The number of carbonyl (C=O) groups is 1. The van der Waals surface area contributed by atoms with E-state index in [1.165, 1.54) is 5.56 Å². The summed E-state index contributed by atoms with van der Waals surface area (Å²) in [6.07, 6.45) is 1.91. The minimum Gasteiger partial charge on any atom is -0.327 e. The van der Waals surface area contributed by atoms with Crippen molar-refractivity contribution in [2.45, 2.75) is 6.54 Å². The van der Waals surface area contributed by atoms with E-state index < -0.39 is 0 Å². The smallest absolute Gasteiger partial charge is 0.256 e. The molecule has 3 aromatic carbocycles. The first-order valence-electron chi connectivity index (χ1n) is 9.15. The van der Waals surface area contributed by atoms with Crippen molar-refractivity contribution in [2.75, 3.05) is 5.32 Å². The Kier molecular flexibility index (Phi) is 4.03. The second kappa shape index (κ2) is 6.70. The number of hydrogen-bond acceptors (Lipinski definition) is 1. The molecule has 1 aliphatic heterocycles. The van der Waals surface area contributed by atoms with Crippen LogP contribution in [0.5, 0.6) is 0 Å². The Bertz CT molecular complexity index is 1240. The van der Waals surface area contributed by atoms with Gasteiger partial charge in [-0.1, -0.05) is 78.3 Å². The molecule has 0 aliphatic carbocycles. The van der Waals surface area contributed by atoms with E-state index in [-0.39, 0.29) is 5.91 Å². The maximum atomic E-state index is 12.6. The van der Waals surface area contributed by atoms with Crippen LogP contribution in [0.4, 0.5) is 5.69 Å². The zero-order valence-corrected chi connectivity index (χ0v) is 15.8. The van der Waals surface area contributed by atoms with Gasteiger partial charge in [-0.25, -0.2) is 0 Å². The van der Waals surface area contributed by atoms with E-state index in [2.05, 4.69) is 28.1 Å². The topological polar surface area (TPSA) is 34.0 Å². The van der Waals surface area contributed by atoms with Crippen LogP contribution in [0.3, 0.4) is 0 Å². The van der Waals surface area contributed by atoms with Crippen molar-refractivity contribution < 1.29 is 4.79 Å². The minimum absolute atomic E-state index is 0.0999. The van der Waals surface area contributed by atoms with Crippen molar-refractivity contribution >= 4 is 45.7 Å². The lowest BCUT2D eigenvalue weighted by Crippen LogP contribution is -2.03. The third-order valence-corrected chi connectivity index (χ3v) is 5.53. The minimum atomic E-state index is -0.0999. The van der Waals surface area contributed by atoms with E-state index in [1.807, 2.05) is 66.7 Å². The lowest BCUT2D eigenvalue weighted by Gasteiger charge is -2.07. The fourth-order valence-electron chi connectivity index (χ4n) is 3.78. The Morgan fingerprint density at radius 1 is 0.893 bits per heavy atom. The first kappa shape index (κ1) is 16.8. The largest absolute Gasteiger partial charge is 0.327 e. The summed E-state index contributed by atoms with van der Waals surface area (Å²) in [6, 6.07) is 26.1. The molecule has 4 heteroatoms. The molecule has 0 spiro atoms. The van der Waals surface area contributed by atoms with Crippen molar-refractivity contribution in [1.29, 1.82) is 0 Å². The second-order valence-electron chi connectivity index (χ2n) is 6.85. The van der Waals surface area contributed by atoms with Crippen LogP contribution in [-0.4, -0.2) is 10.5 Å². The highest BCUT2D eigenvalue weighted by molar-refractivity contribution is 6.38. The first-order chi connectivity index (χ1) is 13.7. The number of nitrogens with zero attached hydrogens (tertiary/aromatic N) is 1. The Labute approximate surface area is 167 Å². The number of aromatic nitrogens is 1. The molecule has 4 aromatic rings. The predicted molar refractivity (Wildman–Crippen MR) is 115 cm³/mol. The van der Waals surface area contributed by atoms with Crippen LogP contribution in [0, 0.1) is 0 Å². The number of para-hydroxylation sites is 2. The fourth-order valence-corrected chi connectivity index (χ4v) is 4.09. The standard InChI is InChI=1S/C24H17ClN2O/c25-23-19(14-20-17-10-4-6-12-21(17)26-24(20)28)18-11-5-7-13-22(18)27(23)15-16-8-2-1-3-9-16/h1-14H,15H2,(H,26,28)/b20-14+. The Morgan fingerprint density at radius 3 is 2.46 bits per heavy atom. The van der Waals surface area contributed by atoms with Gasteiger partial charge in [0.2, 0.25) is 0 Å². The van der Waals surface area contributed by atoms with Crippen LogP contribution in [0.15, 0.2) is 78.9 Å². The third-order valence-electron chi connectivity index (χ3n) is 5.13. The molecule has 0 saturated carbocycles. The van der Waals surface area contributed by atoms with E-state index in [1.54, 1.807) is 0 Å². The molecule has 2 heterocycles. The van der Waals surface area contributed by atoms with E-state index >= 15 is 0 Å². The monoisotopic (exact) mass is 384 g/mol. The van der Waals surface area contributed by atoms with Gasteiger partial charge < -0.3 is 9.88 Å². The molecular weight excluding hydrogens is 368 g/mol. The maximum absolute atomic E-state index is 12.6. The lowest BCUT2D eigenvalue weighted by molar-refractivity contribution is -0.110. The van der Waals surface area contributed by atoms with Crippen LogP contribution in [0.2, 0.25) is 5.15 Å². The van der Waals surface area contributed by atoms with Crippen LogP contribution in [0.25, 0.3) is 22.6 Å². The van der Waals surface area contributed by atoms with Crippen LogP contribution in [0.1, 0.15) is 16.7 Å². The van der Waals surface area contributed by atoms with Gasteiger partial charge in [-0.15, -0.1) is 0 Å². The molecular formula is C24H17ClN2O. The van der Waals surface area contributed by atoms with E-state index in [9.17, 15) is 4.79 Å². The van der Waals surface area contributed by atoms with Gasteiger partial charge >= 0.3 is 0 Å². The van der Waals surface area contributed by atoms with Gasteiger partial charge in [-0.05, 0) is 23.8 Å². The van der Waals surface area contributed by atoms with E-state index in [0.29, 0.717) is 17.3 Å². The van der Waals surface area contributed by atoms with Crippen LogP contribution >= 0.6 is 11.6 Å². The molecule has 1 aromatic heterocycles. The molecule has 0 saturated heterocycles. The number of amides is 1. The molecule has 3 nitrogen and oxygen atoms in total. The number of benzene rings is 3. The SMILES string of the molecule is O=C1Nc2ccccc2/C1=C\c1c(Cl)n(Cc2ccccc2)c2ccccc12. The molecule has 0 atom stereocenters. The van der Waals surface area contributed by atoms with Gasteiger partial charge in [0.25, 0.3) is 5.91 Å². The molecule has 1 aliphatic rings. The highest BCUT2D eigenvalue weighted by Gasteiger charge is 2.25. The van der Waals surface area contributed by atoms with Crippen LogP contribution in [-0.2, 0) is 11.3 Å². The summed E-state index contributed by atoms with van der Waals surface area (Å²) in [4.78, 5) is 12.6. The number of hydrogen-bond donors (Lipinski definition) is 1. The molecule has 1 amide bonds.